The van der Waals surface area contributed by atoms with E-state index in [9.17, 15) is 4.79 Å². The normalized spacial score (nSPS) is 11.7. The Hall–Kier alpha value is -0.590. The molecule has 0 aliphatic heterocycles. The van der Waals surface area contributed by atoms with Crippen LogP contribution in [-0.2, 0) is 4.79 Å². The minimum Gasteiger partial charge on any atom is -0.285 e. The summed E-state index contributed by atoms with van der Waals surface area (Å²) in [4.78, 5) is 10.4. The van der Waals surface area contributed by atoms with Gasteiger partial charge in [-0.3, -0.25) is 4.79 Å². The Bertz CT molecular complexity index is 136. The minimum absolute atomic E-state index is 0.855. The smallest absolute Gasteiger partial charge is 0.228 e. The summed E-state index contributed by atoms with van der Waals surface area (Å²) in [6.45, 7) is 4.23. The first kappa shape index (κ1) is 11.4. The quantitative estimate of drug-likeness (QED) is 0.419. The van der Waals surface area contributed by atoms with E-state index in [1.165, 1.54) is 19.3 Å². The molecule has 0 bridgehead atoms. The highest BCUT2D eigenvalue weighted by atomic mass is 16.1. The van der Waals surface area contributed by atoms with E-state index >= 15 is 0 Å². The first-order valence-corrected chi connectivity index (χ1v) is 4.92. The van der Waals surface area contributed by atoms with Gasteiger partial charge in [-0.15, -0.1) is 0 Å². The lowest BCUT2D eigenvalue weighted by atomic mass is 10.1. The third kappa shape index (κ3) is 6.14. The minimum atomic E-state index is 0.855. The van der Waals surface area contributed by atoms with E-state index in [1.54, 1.807) is 0 Å². The van der Waals surface area contributed by atoms with Crippen LogP contribution in [0, 0.1) is 0 Å². The summed E-state index contributed by atoms with van der Waals surface area (Å²) in [6.07, 6.45) is 10.7. The Kier molecular flexibility index (Phi) is 8.09. The van der Waals surface area contributed by atoms with Crippen LogP contribution >= 0.6 is 0 Å². The second-order valence-corrected chi connectivity index (χ2v) is 3.05. The number of unbranched alkanes of at least 4 members (excludes halogenated alkanes) is 3. The topological polar surface area (TPSA) is 17.1 Å². The molecule has 0 fully saturated rings. The summed E-state index contributed by atoms with van der Waals surface area (Å²) >= 11 is 0. The number of allylic oxidation sites excluding steroid dienone is 2. The lowest BCUT2D eigenvalue weighted by molar-refractivity contribution is 0.558. The van der Waals surface area contributed by atoms with E-state index in [0.29, 0.717) is 0 Å². The number of carbonyl (C=O) groups excluding carboxylic acids is 1. The fourth-order valence-electron chi connectivity index (χ4n) is 1.18. The third-order valence-corrected chi connectivity index (χ3v) is 1.88. The van der Waals surface area contributed by atoms with Crippen LogP contribution in [0.2, 0.25) is 0 Å². The van der Waals surface area contributed by atoms with Crippen molar-refractivity contribution in [3.8, 4) is 0 Å². The van der Waals surface area contributed by atoms with Gasteiger partial charge in [-0.1, -0.05) is 39.2 Å². The molecule has 1 radical (unpaired) electrons. The average Bonchev–Trinajstić information content (AvgIpc) is 2.10. The fourth-order valence-corrected chi connectivity index (χ4v) is 1.18. The van der Waals surface area contributed by atoms with Crippen LogP contribution in [-0.4, -0.2) is 6.29 Å². The zero-order valence-corrected chi connectivity index (χ0v) is 8.23. The van der Waals surface area contributed by atoms with Gasteiger partial charge in [-0.2, -0.15) is 0 Å². The Morgan fingerprint density at radius 3 is 2.50 bits per heavy atom. The van der Waals surface area contributed by atoms with Crippen LogP contribution in [0.5, 0.6) is 0 Å². The molecule has 0 N–H and O–H groups in total. The standard InChI is InChI=1S/C11H19O/c1-3-5-6-7-9-11(10-12)8-4-2/h8H,3-7,9H2,1-2H3. The Balaban J connectivity index is 3.45. The molecule has 0 amide bonds. The number of hydrogen-bond donors (Lipinski definition) is 0. The maximum absolute atomic E-state index is 10.4. The van der Waals surface area contributed by atoms with E-state index in [1.807, 2.05) is 19.3 Å². The predicted molar refractivity (Wildman–Crippen MR) is 52.8 cm³/mol. The molecule has 0 heterocycles. The van der Waals surface area contributed by atoms with Gasteiger partial charge in [0.25, 0.3) is 0 Å². The van der Waals surface area contributed by atoms with Gasteiger partial charge < -0.3 is 0 Å². The van der Waals surface area contributed by atoms with Crippen molar-refractivity contribution in [3.63, 3.8) is 0 Å². The Morgan fingerprint density at radius 1 is 1.25 bits per heavy atom. The molecule has 0 aromatic heterocycles. The first-order valence-electron chi connectivity index (χ1n) is 4.92. The molecule has 0 saturated carbocycles. The van der Waals surface area contributed by atoms with Gasteiger partial charge in [-0.05, 0) is 24.8 Å². The second kappa shape index (κ2) is 8.51. The van der Waals surface area contributed by atoms with Crippen molar-refractivity contribution in [1.82, 2.24) is 0 Å². The summed E-state index contributed by atoms with van der Waals surface area (Å²) in [5.41, 5.74) is 0.855. The van der Waals surface area contributed by atoms with Gasteiger partial charge >= 0.3 is 0 Å². The van der Waals surface area contributed by atoms with Crippen molar-refractivity contribution >= 4 is 6.29 Å². The van der Waals surface area contributed by atoms with Gasteiger partial charge in [0, 0.05) is 0 Å². The lowest BCUT2D eigenvalue weighted by Crippen LogP contribution is -1.85. The van der Waals surface area contributed by atoms with Crippen LogP contribution in [0.4, 0.5) is 0 Å². The fraction of sp³-hybridized carbons (Fsp3) is 0.727. The molecule has 69 valence electrons. The van der Waals surface area contributed by atoms with E-state index in [0.717, 1.165) is 24.8 Å². The molecule has 1 heteroatoms. The van der Waals surface area contributed by atoms with Crippen LogP contribution in [0.15, 0.2) is 11.6 Å². The molecule has 12 heavy (non-hydrogen) atoms. The number of rotatable bonds is 7. The molecule has 0 aromatic carbocycles. The number of hydrogen-bond acceptors (Lipinski definition) is 1. The van der Waals surface area contributed by atoms with Crippen molar-refractivity contribution in [2.45, 2.75) is 52.4 Å². The highest BCUT2D eigenvalue weighted by molar-refractivity contribution is 5.73. The molecule has 0 aromatic rings. The van der Waals surface area contributed by atoms with Crippen molar-refractivity contribution in [1.29, 1.82) is 0 Å². The molecule has 1 nitrogen and oxygen atoms in total. The molecule has 0 rings (SSSR count). The average molecular weight is 167 g/mol. The summed E-state index contributed by atoms with van der Waals surface area (Å²) in [7, 11) is 0. The maximum atomic E-state index is 10.4. The summed E-state index contributed by atoms with van der Waals surface area (Å²) < 4.78 is 0. The van der Waals surface area contributed by atoms with Crippen molar-refractivity contribution in [2.75, 3.05) is 0 Å². The zero-order chi connectivity index (χ0) is 9.23. The molecule has 0 saturated heterocycles. The van der Waals surface area contributed by atoms with Crippen LogP contribution in [0.25, 0.3) is 0 Å². The predicted octanol–water partition coefficient (Wildman–Crippen LogP) is 3.40. The van der Waals surface area contributed by atoms with E-state index in [4.69, 9.17) is 0 Å². The maximum Gasteiger partial charge on any atom is 0.228 e. The first-order chi connectivity index (χ1) is 5.85. The summed E-state index contributed by atoms with van der Waals surface area (Å²) in [5, 5.41) is 0. The highest BCUT2D eigenvalue weighted by Gasteiger charge is 1.95. The molecular weight excluding hydrogens is 148 g/mol. The van der Waals surface area contributed by atoms with Crippen LogP contribution in [0.1, 0.15) is 52.4 Å². The van der Waals surface area contributed by atoms with Gasteiger partial charge in [0.05, 0.1) is 0 Å². The van der Waals surface area contributed by atoms with E-state index in [-0.39, 0.29) is 0 Å². The van der Waals surface area contributed by atoms with E-state index < -0.39 is 0 Å². The van der Waals surface area contributed by atoms with Gasteiger partial charge in [0.15, 0.2) is 0 Å². The summed E-state index contributed by atoms with van der Waals surface area (Å²) in [5.74, 6) is 0. The van der Waals surface area contributed by atoms with Gasteiger partial charge in [-0.25, -0.2) is 0 Å². The highest BCUT2D eigenvalue weighted by Crippen LogP contribution is 2.08. The van der Waals surface area contributed by atoms with Crippen LogP contribution < -0.4 is 0 Å². The monoisotopic (exact) mass is 167 g/mol. The SMILES string of the molecule is CCC=C([C]=O)CCCCCC. The molecule has 0 unspecified atom stereocenters. The van der Waals surface area contributed by atoms with Gasteiger partial charge in [0.1, 0.15) is 0 Å². The van der Waals surface area contributed by atoms with Crippen molar-refractivity contribution in [2.24, 2.45) is 0 Å². The Labute approximate surface area is 75.9 Å². The molecule has 0 aliphatic carbocycles. The van der Waals surface area contributed by atoms with Crippen molar-refractivity contribution < 1.29 is 4.79 Å². The zero-order valence-electron chi connectivity index (χ0n) is 8.23. The largest absolute Gasteiger partial charge is 0.285 e. The third-order valence-electron chi connectivity index (χ3n) is 1.88. The second-order valence-electron chi connectivity index (χ2n) is 3.05. The van der Waals surface area contributed by atoms with Crippen LogP contribution in [0.3, 0.4) is 0 Å². The molecular formula is C11H19O. The molecule has 0 atom stereocenters. The molecule has 0 aliphatic rings. The van der Waals surface area contributed by atoms with Crippen molar-refractivity contribution in [3.05, 3.63) is 11.6 Å². The van der Waals surface area contributed by atoms with E-state index in [2.05, 4.69) is 6.92 Å². The lowest BCUT2D eigenvalue weighted by Gasteiger charge is -1.98. The summed E-state index contributed by atoms with van der Waals surface area (Å²) in [6, 6.07) is 0. The Morgan fingerprint density at radius 2 is 2.00 bits per heavy atom. The van der Waals surface area contributed by atoms with Gasteiger partial charge in [0.2, 0.25) is 6.29 Å². The molecule has 0 spiro atoms.